The number of amides is 1. The van der Waals surface area contributed by atoms with Gasteiger partial charge in [0.05, 0.1) is 13.0 Å². The topological polar surface area (TPSA) is 77.4 Å². The van der Waals surface area contributed by atoms with Gasteiger partial charge in [-0.3, -0.25) is 15.6 Å². The second-order valence-corrected chi connectivity index (χ2v) is 7.22. The van der Waals surface area contributed by atoms with E-state index in [0.717, 1.165) is 16.7 Å². The fraction of sp³-hybridized carbons (Fsp3) is 0.130. The number of hydrogen-bond donors (Lipinski definition) is 1. The van der Waals surface area contributed by atoms with E-state index in [9.17, 15) is 10.2 Å². The molecule has 3 aromatic rings. The van der Waals surface area contributed by atoms with Crippen molar-refractivity contribution in [2.45, 2.75) is 12.0 Å². The first kappa shape index (κ1) is 19.6. The van der Waals surface area contributed by atoms with Crippen LogP contribution in [-0.4, -0.2) is 28.9 Å². The number of thiocarbonyl (C=S) groups is 1. The van der Waals surface area contributed by atoms with E-state index in [-0.39, 0.29) is 10.9 Å². The molecule has 0 radical (unpaired) electrons. The van der Waals surface area contributed by atoms with E-state index >= 15 is 0 Å². The Hall–Kier alpha value is -3.67. The van der Waals surface area contributed by atoms with Gasteiger partial charge in [0, 0.05) is 30.1 Å². The quantitative estimate of drug-likeness (QED) is 0.308. The molecule has 1 aromatic carbocycles. The minimum absolute atomic E-state index is 0.175. The monoisotopic (exact) mass is 414 g/mol. The average molecular weight is 414 g/mol. The molecule has 0 aliphatic carbocycles. The lowest BCUT2D eigenvalue weighted by Gasteiger charge is -2.30. The van der Waals surface area contributed by atoms with E-state index < -0.39 is 12.0 Å². The summed E-state index contributed by atoms with van der Waals surface area (Å²) >= 11 is 5.29. The fourth-order valence-corrected chi connectivity index (χ4v) is 3.93. The number of carbonyl (C=O) groups is 1. The van der Waals surface area contributed by atoms with Crippen LogP contribution in [0.1, 0.15) is 17.5 Å². The van der Waals surface area contributed by atoms with E-state index in [1.807, 2.05) is 65.5 Å². The van der Waals surface area contributed by atoms with E-state index in [0.29, 0.717) is 11.3 Å². The molecule has 30 heavy (non-hydrogen) atoms. The van der Waals surface area contributed by atoms with Crippen LogP contribution in [0.3, 0.4) is 0 Å². The van der Waals surface area contributed by atoms with Gasteiger partial charge < -0.3 is 15.5 Å². The zero-order chi connectivity index (χ0) is 21.1. The smallest absolute Gasteiger partial charge is 0.295 e. The van der Waals surface area contributed by atoms with Crippen molar-refractivity contribution >= 4 is 29.0 Å². The first-order valence-corrected chi connectivity index (χ1v) is 9.70. The summed E-state index contributed by atoms with van der Waals surface area (Å²) in [6.45, 7) is 0. The van der Waals surface area contributed by atoms with E-state index in [2.05, 4.69) is 16.2 Å². The first-order valence-electron chi connectivity index (χ1n) is 9.29. The third kappa shape index (κ3) is 3.64. The zero-order valence-corrected chi connectivity index (χ0v) is 17.0. The van der Waals surface area contributed by atoms with Crippen LogP contribution in [0.4, 0.5) is 0 Å². The summed E-state index contributed by atoms with van der Waals surface area (Å²) < 4.78 is 7.05. The summed E-state index contributed by atoms with van der Waals surface area (Å²) in [6.07, 6.45) is 7.17. The summed E-state index contributed by atoms with van der Waals surface area (Å²) in [5, 5.41) is 12.4. The van der Waals surface area contributed by atoms with Crippen molar-refractivity contribution in [3.63, 3.8) is 0 Å². The summed E-state index contributed by atoms with van der Waals surface area (Å²) in [6, 6.07) is 14.4. The normalized spacial score (nSPS) is 18.5. The zero-order valence-electron chi connectivity index (χ0n) is 16.1. The number of nitrogens with zero attached hydrogens (tertiary/aromatic N) is 3. The first-order chi connectivity index (χ1) is 14.6. The molecule has 1 aliphatic rings. The highest BCUT2D eigenvalue weighted by Crippen LogP contribution is 2.36. The van der Waals surface area contributed by atoms with E-state index in [1.165, 1.54) is 0 Å². The third-order valence-electron chi connectivity index (χ3n) is 5.16. The number of carbonyl (C=O) groups excluding carboxylic acids is 1. The Labute approximate surface area is 179 Å². The number of ether oxygens (including phenoxy) is 1. The van der Waals surface area contributed by atoms with Gasteiger partial charge in [-0.25, -0.2) is 0 Å². The SMILES string of the molecule is COc1ccc(C2C(=C=[N-])C(=S)NC(=O)C2[n+]2ccc(-c3ccncc3)cc2)cc1. The van der Waals surface area contributed by atoms with E-state index in [1.54, 1.807) is 19.5 Å². The highest BCUT2D eigenvalue weighted by Gasteiger charge is 2.44. The van der Waals surface area contributed by atoms with Gasteiger partial charge in [-0.05, 0) is 41.0 Å². The summed E-state index contributed by atoms with van der Waals surface area (Å²) in [4.78, 5) is 17.2. The lowest BCUT2D eigenvalue weighted by molar-refractivity contribution is -0.711. The lowest BCUT2D eigenvalue weighted by Crippen LogP contribution is -2.56. The number of benzene rings is 1. The molecule has 1 aliphatic heterocycles. The van der Waals surface area contributed by atoms with E-state index in [4.69, 9.17) is 17.0 Å². The molecule has 0 saturated carbocycles. The molecule has 2 unspecified atom stereocenters. The summed E-state index contributed by atoms with van der Waals surface area (Å²) in [7, 11) is 1.59. The molecule has 1 fully saturated rings. The van der Waals surface area contributed by atoms with Crippen molar-refractivity contribution in [3.05, 3.63) is 89.9 Å². The van der Waals surface area contributed by atoms with Crippen molar-refractivity contribution in [1.29, 1.82) is 0 Å². The van der Waals surface area contributed by atoms with Crippen molar-refractivity contribution < 1.29 is 14.1 Å². The predicted molar refractivity (Wildman–Crippen MR) is 117 cm³/mol. The molecule has 3 heterocycles. The van der Waals surface area contributed by atoms with Crippen molar-refractivity contribution in [2.24, 2.45) is 0 Å². The number of piperidine rings is 1. The van der Waals surface area contributed by atoms with Crippen molar-refractivity contribution in [2.75, 3.05) is 7.11 Å². The van der Waals surface area contributed by atoms with Gasteiger partial charge in [0.15, 0.2) is 12.4 Å². The molecule has 148 valence electrons. The molecule has 6 nitrogen and oxygen atoms in total. The fourth-order valence-electron chi connectivity index (χ4n) is 3.65. The Balaban J connectivity index is 1.77. The standard InChI is InChI=1S/C23H18N4O2S/c1-29-18-4-2-17(3-5-18)20-19(14-24)23(30)26-22(28)21(20)27-12-8-16(9-13-27)15-6-10-25-11-7-15/h2-13,20-21H,1H3,(H,26,28,30). The van der Waals surface area contributed by atoms with Crippen LogP contribution >= 0.6 is 12.2 Å². The maximum atomic E-state index is 13.0. The van der Waals surface area contributed by atoms with Crippen LogP contribution in [0.15, 0.2) is 78.9 Å². The molecule has 1 amide bonds. The number of rotatable bonds is 4. The molecule has 1 saturated heterocycles. The van der Waals surface area contributed by atoms with Crippen LogP contribution in [0.2, 0.25) is 0 Å². The summed E-state index contributed by atoms with van der Waals surface area (Å²) in [5.41, 5.74) is 3.22. The number of aromatic nitrogens is 2. The molecule has 0 bridgehead atoms. The molecular weight excluding hydrogens is 396 g/mol. The average Bonchev–Trinajstić information content (AvgIpc) is 2.79. The van der Waals surface area contributed by atoms with Gasteiger partial charge in [-0.15, -0.1) is 0 Å². The molecule has 2 atom stereocenters. The lowest BCUT2D eigenvalue weighted by atomic mass is 9.81. The minimum Gasteiger partial charge on any atom is -0.763 e. The Morgan fingerprint density at radius 1 is 1.07 bits per heavy atom. The number of methoxy groups -OCH3 is 1. The van der Waals surface area contributed by atoms with Gasteiger partial charge >= 0.3 is 0 Å². The highest BCUT2D eigenvalue weighted by molar-refractivity contribution is 7.80. The van der Waals surface area contributed by atoms with Crippen molar-refractivity contribution in [1.82, 2.24) is 10.3 Å². The van der Waals surface area contributed by atoms with Crippen molar-refractivity contribution in [3.8, 4) is 16.9 Å². The van der Waals surface area contributed by atoms with Gasteiger partial charge in [0.2, 0.25) is 6.04 Å². The Morgan fingerprint density at radius 3 is 2.30 bits per heavy atom. The van der Waals surface area contributed by atoms with Gasteiger partial charge in [-0.2, -0.15) is 4.57 Å². The predicted octanol–water partition coefficient (Wildman–Crippen LogP) is 2.99. The van der Waals surface area contributed by atoms with Crippen LogP contribution in [-0.2, 0) is 4.79 Å². The molecular formula is C23H18N4O2S. The Bertz CT molecular complexity index is 1140. The number of pyridine rings is 2. The number of nitrogens with one attached hydrogen (secondary N) is 1. The maximum absolute atomic E-state index is 13.0. The summed E-state index contributed by atoms with van der Waals surface area (Å²) in [5.74, 6) is 2.15. The Kier molecular flexibility index (Phi) is 5.48. The maximum Gasteiger partial charge on any atom is 0.295 e. The molecule has 4 rings (SSSR count). The Morgan fingerprint density at radius 2 is 1.70 bits per heavy atom. The molecule has 7 heteroatoms. The third-order valence-corrected chi connectivity index (χ3v) is 5.48. The largest absolute Gasteiger partial charge is 0.763 e. The number of hydrogen-bond acceptors (Lipinski definition) is 4. The van der Waals surface area contributed by atoms with Crippen LogP contribution in [0.25, 0.3) is 16.5 Å². The second-order valence-electron chi connectivity index (χ2n) is 6.81. The minimum atomic E-state index is -0.647. The van der Waals surface area contributed by atoms with Gasteiger partial charge in [0.25, 0.3) is 5.91 Å². The van der Waals surface area contributed by atoms with Crippen LogP contribution in [0.5, 0.6) is 5.75 Å². The molecule has 1 N–H and O–H groups in total. The van der Waals surface area contributed by atoms with Gasteiger partial charge in [-0.1, -0.05) is 24.4 Å². The molecule has 2 aromatic heterocycles. The van der Waals surface area contributed by atoms with Gasteiger partial charge in [0.1, 0.15) is 10.7 Å². The second kappa shape index (κ2) is 8.37. The highest BCUT2D eigenvalue weighted by atomic mass is 32.1. The van der Waals surface area contributed by atoms with Crippen LogP contribution < -0.4 is 14.6 Å². The molecule has 0 spiro atoms. The van der Waals surface area contributed by atoms with Crippen LogP contribution in [0, 0.1) is 0 Å².